The van der Waals surface area contributed by atoms with Crippen molar-refractivity contribution in [3.63, 3.8) is 0 Å². The quantitative estimate of drug-likeness (QED) is 0.735. The molecule has 0 saturated carbocycles. The molecule has 2 saturated heterocycles. The molecule has 136 valence electrons. The first-order chi connectivity index (χ1) is 12.2. The molecule has 1 spiro atoms. The standard InChI is InChI=1S/C19H25NO5/c1-3-4-15-5-6-16(17(11-15)22-2)25-12-18(21)20-8-10-24-14-19(20)7-9-23-13-19/h3,5-6,11H,1,4,7-10,12-14H2,2H3. The lowest BCUT2D eigenvalue weighted by Crippen LogP contribution is -2.60. The van der Waals surface area contributed by atoms with Gasteiger partial charge in [0.25, 0.3) is 5.91 Å². The topological polar surface area (TPSA) is 57.2 Å². The normalized spacial score (nSPS) is 22.8. The van der Waals surface area contributed by atoms with Gasteiger partial charge in [-0.15, -0.1) is 6.58 Å². The van der Waals surface area contributed by atoms with Gasteiger partial charge in [-0.3, -0.25) is 4.79 Å². The summed E-state index contributed by atoms with van der Waals surface area (Å²) in [6, 6.07) is 5.69. The number of carbonyl (C=O) groups is 1. The highest BCUT2D eigenvalue weighted by Crippen LogP contribution is 2.31. The molecule has 0 radical (unpaired) electrons. The third kappa shape index (κ3) is 3.80. The fraction of sp³-hybridized carbons (Fsp3) is 0.526. The van der Waals surface area contributed by atoms with Gasteiger partial charge in [-0.25, -0.2) is 0 Å². The third-order valence-corrected chi connectivity index (χ3v) is 4.75. The van der Waals surface area contributed by atoms with E-state index in [-0.39, 0.29) is 18.1 Å². The summed E-state index contributed by atoms with van der Waals surface area (Å²) >= 11 is 0. The molecule has 1 amide bonds. The third-order valence-electron chi connectivity index (χ3n) is 4.75. The maximum absolute atomic E-state index is 12.7. The summed E-state index contributed by atoms with van der Waals surface area (Å²) in [5.41, 5.74) is 0.747. The molecular weight excluding hydrogens is 322 g/mol. The predicted molar refractivity (Wildman–Crippen MR) is 93.1 cm³/mol. The van der Waals surface area contributed by atoms with Gasteiger partial charge in [-0.2, -0.15) is 0 Å². The van der Waals surface area contributed by atoms with Gasteiger partial charge in [0.05, 0.1) is 32.5 Å². The molecule has 1 aromatic carbocycles. The number of rotatable bonds is 6. The number of benzene rings is 1. The zero-order valence-corrected chi connectivity index (χ0v) is 14.7. The Morgan fingerprint density at radius 1 is 1.32 bits per heavy atom. The number of ether oxygens (including phenoxy) is 4. The molecule has 1 unspecified atom stereocenters. The minimum Gasteiger partial charge on any atom is -0.493 e. The first kappa shape index (κ1) is 17.8. The average Bonchev–Trinajstić information content (AvgIpc) is 3.09. The molecule has 2 fully saturated rings. The smallest absolute Gasteiger partial charge is 0.261 e. The highest BCUT2D eigenvalue weighted by molar-refractivity contribution is 5.79. The lowest BCUT2D eigenvalue weighted by molar-refractivity contribution is -0.151. The second kappa shape index (κ2) is 7.89. The van der Waals surface area contributed by atoms with E-state index in [1.54, 1.807) is 7.11 Å². The van der Waals surface area contributed by atoms with Crippen molar-refractivity contribution in [2.24, 2.45) is 0 Å². The van der Waals surface area contributed by atoms with Crippen molar-refractivity contribution in [1.29, 1.82) is 0 Å². The van der Waals surface area contributed by atoms with Crippen molar-refractivity contribution >= 4 is 5.91 Å². The van der Waals surface area contributed by atoms with E-state index in [0.29, 0.717) is 44.5 Å². The summed E-state index contributed by atoms with van der Waals surface area (Å²) in [7, 11) is 1.59. The molecule has 2 aliphatic rings. The Morgan fingerprint density at radius 2 is 2.12 bits per heavy atom. The van der Waals surface area contributed by atoms with Crippen LogP contribution in [-0.2, 0) is 20.7 Å². The zero-order chi connectivity index (χ0) is 17.7. The molecular formula is C19H25NO5. The lowest BCUT2D eigenvalue weighted by atomic mass is 9.96. The van der Waals surface area contributed by atoms with Crippen molar-refractivity contribution in [2.45, 2.75) is 18.4 Å². The zero-order valence-electron chi connectivity index (χ0n) is 14.7. The molecule has 3 rings (SSSR count). The molecule has 2 heterocycles. The van der Waals surface area contributed by atoms with Crippen LogP contribution in [0.25, 0.3) is 0 Å². The first-order valence-corrected chi connectivity index (χ1v) is 8.55. The van der Waals surface area contributed by atoms with Gasteiger partial charge in [0, 0.05) is 13.2 Å². The number of methoxy groups -OCH3 is 1. The highest BCUT2D eigenvalue weighted by Gasteiger charge is 2.45. The van der Waals surface area contributed by atoms with Crippen LogP contribution in [0.2, 0.25) is 0 Å². The van der Waals surface area contributed by atoms with E-state index in [4.69, 9.17) is 18.9 Å². The van der Waals surface area contributed by atoms with Crippen LogP contribution in [0.4, 0.5) is 0 Å². The Balaban J connectivity index is 1.66. The van der Waals surface area contributed by atoms with Crippen LogP contribution in [0.5, 0.6) is 11.5 Å². The van der Waals surface area contributed by atoms with Crippen LogP contribution < -0.4 is 9.47 Å². The Labute approximate surface area is 148 Å². The molecule has 1 aromatic rings. The summed E-state index contributed by atoms with van der Waals surface area (Å²) in [4.78, 5) is 14.6. The summed E-state index contributed by atoms with van der Waals surface area (Å²) in [5, 5.41) is 0. The SMILES string of the molecule is C=CCc1ccc(OCC(=O)N2CCOCC23CCOC3)c(OC)c1. The summed E-state index contributed by atoms with van der Waals surface area (Å²) < 4.78 is 22.2. The number of hydrogen-bond donors (Lipinski definition) is 0. The van der Waals surface area contributed by atoms with Gasteiger partial charge >= 0.3 is 0 Å². The fourth-order valence-corrected chi connectivity index (χ4v) is 3.39. The first-order valence-electron chi connectivity index (χ1n) is 8.55. The van der Waals surface area contributed by atoms with Gasteiger partial charge in [0.2, 0.25) is 0 Å². The van der Waals surface area contributed by atoms with E-state index >= 15 is 0 Å². The minimum absolute atomic E-state index is 0.0289. The summed E-state index contributed by atoms with van der Waals surface area (Å²) in [5.74, 6) is 1.13. The number of allylic oxidation sites excluding steroid dienone is 1. The number of amides is 1. The van der Waals surface area contributed by atoms with Gasteiger partial charge in [-0.05, 0) is 30.5 Å². The fourth-order valence-electron chi connectivity index (χ4n) is 3.39. The van der Waals surface area contributed by atoms with Crippen molar-refractivity contribution in [3.8, 4) is 11.5 Å². The van der Waals surface area contributed by atoms with Gasteiger partial charge < -0.3 is 23.8 Å². The Kier molecular flexibility index (Phi) is 5.60. The minimum atomic E-state index is -0.337. The maximum Gasteiger partial charge on any atom is 0.261 e. The monoisotopic (exact) mass is 347 g/mol. The predicted octanol–water partition coefficient (Wildman–Crippen LogP) is 1.82. The molecule has 6 heteroatoms. The van der Waals surface area contributed by atoms with Crippen molar-refractivity contribution in [1.82, 2.24) is 4.90 Å². The van der Waals surface area contributed by atoms with Crippen LogP contribution in [0.1, 0.15) is 12.0 Å². The molecule has 0 aliphatic carbocycles. The number of hydrogen-bond acceptors (Lipinski definition) is 5. The largest absolute Gasteiger partial charge is 0.493 e. The van der Waals surface area contributed by atoms with Crippen LogP contribution >= 0.6 is 0 Å². The van der Waals surface area contributed by atoms with Crippen LogP contribution in [0.3, 0.4) is 0 Å². The van der Waals surface area contributed by atoms with E-state index < -0.39 is 0 Å². The second-order valence-corrected chi connectivity index (χ2v) is 6.39. The number of carbonyl (C=O) groups excluding carboxylic acids is 1. The summed E-state index contributed by atoms with van der Waals surface area (Å²) in [6.45, 7) is 6.54. The van der Waals surface area contributed by atoms with Crippen LogP contribution in [0.15, 0.2) is 30.9 Å². The van der Waals surface area contributed by atoms with E-state index in [9.17, 15) is 4.79 Å². The Morgan fingerprint density at radius 3 is 2.84 bits per heavy atom. The van der Waals surface area contributed by atoms with Crippen LogP contribution in [-0.4, -0.2) is 63.0 Å². The number of morpholine rings is 1. The van der Waals surface area contributed by atoms with Gasteiger partial charge in [0.1, 0.15) is 0 Å². The second-order valence-electron chi connectivity index (χ2n) is 6.39. The Bertz CT molecular complexity index is 624. The Hall–Kier alpha value is -2.05. The molecule has 2 aliphatic heterocycles. The highest BCUT2D eigenvalue weighted by atomic mass is 16.5. The molecule has 1 atom stereocenters. The molecule has 0 bridgehead atoms. The molecule has 25 heavy (non-hydrogen) atoms. The van der Waals surface area contributed by atoms with E-state index in [2.05, 4.69) is 6.58 Å². The molecule has 0 aromatic heterocycles. The van der Waals surface area contributed by atoms with Crippen molar-refractivity contribution in [2.75, 3.05) is 46.7 Å². The van der Waals surface area contributed by atoms with Gasteiger partial charge in [0.15, 0.2) is 18.1 Å². The van der Waals surface area contributed by atoms with Crippen molar-refractivity contribution < 1.29 is 23.7 Å². The van der Waals surface area contributed by atoms with E-state index in [0.717, 1.165) is 18.4 Å². The van der Waals surface area contributed by atoms with E-state index in [1.807, 2.05) is 29.2 Å². The molecule has 6 nitrogen and oxygen atoms in total. The molecule has 0 N–H and O–H groups in total. The lowest BCUT2D eigenvalue weighted by Gasteiger charge is -2.43. The van der Waals surface area contributed by atoms with Crippen molar-refractivity contribution in [3.05, 3.63) is 36.4 Å². The van der Waals surface area contributed by atoms with Gasteiger partial charge in [-0.1, -0.05) is 12.1 Å². The maximum atomic E-state index is 12.7. The average molecular weight is 347 g/mol. The van der Waals surface area contributed by atoms with E-state index in [1.165, 1.54) is 0 Å². The van der Waals surface area contributed by atoms with Crippen LogP contribution in [0, 0.1) is 0 Å². The summed E-state index contributed by atoms with van der Waals surface area (Å²) in [6.07, 6.45) is 3.39. The number of nitrogens with zero attached hydrogens (tertiary/aromatic N) is 1.